The Balaban J connectivity index is 1.45. The third-order valence-corrected chi connectivity index (χ3v) is 6.31. The van der Waals surface area contributed by atoms with Crippen LogP contribution in [-0.4, -0.2) is 39.0 Å². The van der Waals surface area contributed by atoms with Crippen molar-refractivity contribution in [3.8, 4) is 5.75 Å². The fraction of sp³-hybridized carbons (Fsp3) is 0.333. The Morgan fingerprint density at radius 2 is 1.72 bits per heavy atom. The first-order valence-electron chi connectivity index (χ1n) is 7.47. The molecule has 25 heavy (non-hydrogen) atoms. The quantitative estimate of drug-likeness (QED) is 0.715. The fourth-order valence-electron chi connectivity index (χ4n) is 2.12. The first kappa shape index (κ1) is 17.6. The van der Waals surface area contributed by atoms with E-state index in [0.717, 1.165) is 0 Å². The third kappa shape index (κ3) is 5.13. The Morgan fingerprint density at radius 1 is 1.08 bits per heavy atom. The molecule has 0 amide bonds. The van der Waals surface area contributed by atoms with Gasteiger partial charge < -0.3 is 20.9 Å². The lowest BCUT2D eigenvalue weighted by Gasteiger charge is -2.10. The molecular weight excluding hydrogens is 362 g/mol. The Morgan fingerprint density at radius 3 is 2.36 bits per heavy atom. The summed E-state index contributed by atoms with van der Waals surface area (Å²) in [6, 6.07) is 7.75. The fourth-order valence-corrected chi connectivity index (χ4v) is 4.98. The molecule has 0 radical (unpaired) electrons. The third-order valence-electron chi connectivity index (χ3n) is 3.21. The van der Waals surface area contributed by atoms with Crippen molar-refractivity contribution in [3.63, 3.8) is 0 Å². The van der Waals surface area contributed by atoms with Crippen molar-refractivity contribution < 1.29 is 14.3 Å². The highest BCUT2D eigenvalue weighted by Gasteiger charge is 2.18. The highest BCUT2D eigenvalue weighted by atomic mass is 32.2. The molecule has 0 atom stereocenters. The maximum atomic E-state index is 11.7. The highest BCUT2D eigenvalue weighted by Crippen LogP contribution is 2.45. The van der Waals surface area contributed by atoms with E-state index in [0.29, 0.717) is 10.3 Å². The second kappa shape index (κ2) is 8.26. The van der Waals surface area contributed by atoms with E-state index in [9.17, 15) is 4.79 Å². The molecule has 8 nitrogen and oxygen atoms in total. The average Bonchev–Trinajstić information content (AvgIpc) is 3.12. The van der Waals surface area contributed by atoms with E-state index in [1.54, 1.807) is 0 Å². The topological polar surface area (TPSA) is 126 Å². The van der Waals surface area contributed by atoms with E-state index in [1.807, 2.05) is 47.8 Å². The number of benzene rings is 1. The number of nitrogens with two attached hydrogens (primary N) is 2. The van der Waals surface area contributed by atoms with Crippen LogP contribution in [0.1, 0.15) is 16.0 Å². The Hall–Kier alpha value is -2.20. The summed E-state index contributed by atoms with van der Waals surface area (Å²) in [5.41, 5.74) is 12.2. The van der Waals surface area contributed by atoms with Crippen LogP contribution in [0.3, 0.4) is 0 Å². The molecule has 0 spiro atoms. The van der Waals surface area contributed by atoms with Gasteiger partial charge in [0.15, 0.2) is 19.0 Å². The summed E-state index contributed by atoms with van der Waals surface area (Å²) in [7, 11) is 0. The summed E-state index contributed by atoms with van der Waals surface area (Å²) >= 11 is 3.88. The molecule has 0 bridgehead atoms. The molecule has 0 aliphatic carbocycles. The van der Waals surface area contributed by atoms with E-state index < -0.39 is 5.97 Å². The van der Waals surface area contributed by atoms with Gasteiger partial charge in [-0.15, -0.1) is 23.5 Å². The number of esters is 1. The number of nitrogen functional groups attached to an aromatic ring is 2. The lowest BCUT2D eigenvalue weighted by Crippen LogP contribution is -2.16. The van der Waals surface area contributed by atoms with Gasteiger partial charge >= 0.3 is 5.97 Å². The molecule has 1 fully saturated rings. The van der Waals surface area contributed by atoms with Crippen LogP contribution < -0.4 is 16.2 Å². The van der Waals surface area contributed by atoms with Crippen LogP contribution in [0.4, 0.5) is 11.9 Å². The van der Waals surface area contributed by atoms with Crippen molar-refractivity contribution in [2.45, 2.75) is 11.2 Å². The number of carbonyl (C=O) groups is 1. The number of nitrogens with zero attached hydrogens (tertiary/aromatic N) is 3. The Kier molecular flexibility index (Phi) is 5.82. The van der Waals surface area contributed by atoms with Crippen molar-refractivity contribution in [3.05, 3.63) is 35.7 Å². The standard InChI is InChI=1S/C15H17N5O3S2/c16-14-18-11(19-15(17)20-14)7-23-12(21)8-22-10-3-1-9(2-4-10)13-24-5-6-25-13/h1-4,13H,5-8H2,(H4,16,17,18,19,20). The van der Waals surface area contributed by atoms with E-state index in [1.165, 1.54) is 17.1 Å². The van der Waals surface area contributed by atoms with Crippen LogP contribution in [0, 0.1) is 0 Å². The minimum absolute atomic E-state index is 0.0199. The number of thioether (sulfide) groups is 2. The van der Waals surface area contributed by atoms with E-state index in [4.69, 9.17) is 20.9 Å². The zero-order valence-corrected chi connectivity index (χ0v) is 14.9. The van der Waals surface area contributed by atoms with Gasteiger partial charge in [0.25, 0.3) is 0 Å². The van der Waals surface area contributed by atoms with E-state index >= 15 is 0 Å². The molecular formula is C15H17N5O3S2. The molecule has 1 aliphatic rings. The zero-order valence-electron chi connectivity index (χ0n) is 13.3. The van der Waals surface area contributed by atoms with Crippen LogP contribution in [0.15, 0.2) is 24.3 Å². The van der Waals surface area contributed by atoms with Crippen molar-refractivity contribution in [2.75, 3.05) is 29.6 Å². The van der Waals surface area contributed by atoms with E-state index in [-0.39, 0.29) is 30.9 Å². The summed E-state index contributed by atoms with van der Waals surface area (Å²) < 4.78 is 10.9. The smallest absolute Gasteiger partial charge is 0.344 e. The van der Waals surface area contributed by atoms with Crippen molar-refractivity contribution in [1.82, 2.24) is 15.0 Å². The molecule has 2 aromatic rings. The monoisotopic (exact) mass is 379 g/mol. The van der Waals surface area contributed by atoms with Gasteiger partial charge in [-0.3, -0.25) is 0 Å². The maximum Gasteiger partial charge on any atom is 0.344 e. The molecule has 1 aromatic heterocycles. The Bertz CT molecular complexity index is 718. The van der Waals surface area contributed by atoms with Crippen molar-refractivity contribution in [2.24, 2.45) is 0 Å². The molecule has 2 heterocycles. The summed E-state index contributed by atoms with van der Waals surface area (Å²) in [6.07, 6.45) is 0. The van der Waals surface area contributed by atoms with Gasteiger partial charge in [-0.05, 0) is 17.7 Å². The van der Waals surface area contributed by atoms with Crippen LogP contribution >= 0.6 is 23.5 Å². The molecule has 1 aromatic carbocycles. The summed E-state index contributed by atoms with van der Waals surface area (Å²) in [5, 5.41) is 0. The molecule has 0 saturated carbocycles. The van der Waals surface area contributed by atoms with Gasteiger partial charge in [0.05, 0.1) is 4.58 Å². The largest absolute Gasteiger partial charge is 0.482 e. The molecule has 4 N–H and O–H groups in total. The molecule has 1 aliphatic heterocycles. The number of carbonyl (C=O) groups excluding carboxylic acids is 1. The first-order chi connectivity index (χ1) is 12.1. The molecule has 0 unspecified atom stereocenters. The van der Waals surface area contributed by atoms with Gasteiger partial charge in [-0.2, -0.15) is 15.0 Å². The predicted molar refractivity (Wildman–Crippen MR) is 98.0 cm³/mol. The lowest BCUT2D eigenvalue weighted by atomic mass is 10.2. The number of aromatic nitrogens is 3. The minimum Gasteiger partial charge on any atom is -0.482 e. The number of hydrogen-bond donors (Lipinski definition) is 2. The second-order valence-electron chi connectivity index (χ2n) is 5.06. The van der Waals surface area contributed by atoms with Crippen LogP contribution in [0.2, 0.25) is 0 Å². The highest BCUT2D eigenvalue weighted by molar-refractivity contribution is 8.19. The van der Waals surface area contributed by atoms with Gasteiger partial charge in [-0.1, -0.05) is 12.1 Å². The number of ether oxygens (including phenoxy) is 2. The molecule has 10 heteroatoms. The summed E-state index contributed by atoms with van der Waals surface area (Å²) in [4.78, 5) is 23.0. The van der Waals surface area contributed by atoms with Crippen molar-refractivity contribution in [1.29, 1.82) is 0 Å². The van der Waals surface area contributed by atoms with Crippen LogP contribution in [0.25, 0.3) is 0 Å². The molecule has 1 saturated heterocycles. The summed E-state index contributed by atoms with van der Waals surface area (Å²) in [6.45, 7) is -0.351. The summed E-state index contributed by atoms with van der Waals surface area (Å²) in [5.74, 6) is 2.58. The number of hydrogen-bond acceptors (Lipinski definition) is 10. The lowest BCUT2D eigenvalue weighted by molar-refractivity contribution is -0.147. The first-order valence-corrected chi connectivity index (χ1v) is 9.57. The van der Waals surface area contributed by atoms with Gasteiger partial charge in [-0.25, -0.2) is 4.79 Å². The van der Waals surface area contributed by atoms with Crippen LogP contribution in [-0.2, 0) is 16.1 Å². The number of anilines is 2. The Labute approximate surface area is 153 Å². The minimum atomic E-state index is -0.538. The number of rotatable bonds is 6. The average molecular weight is 379 g/mol. The zero-order chi connectivity index (χ0) is 17.6. The molecule has 132 valence electrons. The molecule has 3 rings (SSSR count). The van der Waals surface area contributed by atoms with Crippen molar-refractivity contribution >= 4 is 41.4 Å². The predicted octanol–water partition coefficient (Wildman–Crippen LogP) is 1.64. The maximum absolute atomic E-state index is 11.7. The normalized spacial score (nSPS) is 14.4. The second-order valence-corrected chi connectivity index (χ2v) is 7.78. The van der Waals surface area contributed by atoms with Gasteiger partial charge in [0.2, 0.25) is 11.9 Å². The van der Waals surface area contributed by atoms with E-state index in [2.05, 4.69) is 15.0 Å². The van der Waals surface area contributed by atoms with Gasteiger partial charge in [0.1, 0.15) is 5.75 Å². The van der Waals surface area contributed by atoms with Gasteiger partial charge in [0, 0.05) is 11.5 Å². The SMILES string of the molecule is Nc1nc(N)nc(COC(=O)COc2ccc(C3SCCS3)cc2)n1. The van der Waals surface area contributed by atoms with Crippen LogP contribution in [0.5, 0.6) is 5.75 Å².